The number of likely N-dealkylation sites (N-methyl/N-ethyl adjacent to an activating group) is 1. The molecule has 1 aliphatic heterocycles. The summed E-state index contributed by atoms with van der Waals surface area (Å²) in [6.07, 6.45) is 1.01. The van der Waals surface area contributed by atoms with Crippen LogP contribution in [0.4, 0.5) is 0 Å². The molecule has 2 unspecified atom stereocenters. The molecule has 0 spiro atoms. The third-order valence-corrected chi connectivity index (χ3v) is 2.96. The van der Waals surface area contributed by atoms with Gasteiger partial charge >= 0.3 is 0 Å². The first-order chi connectivity index (χ1) is 7.24. The molecule has 1 amide bonds. The molecule has 0 aromatic heterocycles. The van der Waals surface area contributed by atoms with Gasteiger partial charge in [0.05, 0.1) is 19.1 Å². The summed E-state index contributed by atoms with van der Waals surface area (Å²) in [5, 5.41) is 3.14. The predicted molar refractivity (Wildman–Crippen MR) is 59.7 cm³/mol. The van der Waals surface area contributed by atoms with Gasteiger partial charge in [0.25, 0.3) is 0 Å². The molecule has 1 heterocycles. The lowest BCUT2D eigenvalue weighted by Gasteiger charge is -2.25. The molecule has 0 aromatic carbocycles. The molecule has 1 saturated heterocycles. The van der Waals surface area contributed by atoms with Crippen LogP contribution in [0.1, 0.15) is 20.3 Å². The maximum Gasteiger partial charge on any atom is 0.229 e. The zero-order valence-electron chi connectivity index (χ0n) is 9.95. The fraction of sp³-hybridized carbons (Fsp3) is 0.909. The third-order valence-electron chi connectivity index (χ3n) is 2.96. The van der Waals surface area contributed by atoms with Crippen molar-refractivity contribution >= 4 is 5.91 Å². The van der Waals surface area contributed by atoms with E-state index >= 15 is 0 Å². The van der Waals surface area contributed by atoms with E-state index < -0.39 is 0 Å². The monoisotopic (exact) mass is 214 g/mol. The smallest absolute Gasteiger partial charge is 0.229 e. The summed E-state index contributed by atoms with van der Waals surface area (Å²) < 4.78 is 5.34. The van der Waals surface area contributed by atoms with Crippen LogP contribution in [0.3, 0.4) is 0 Å². The molecule has 4 heteroatoms. The summed E-state index contributed by atoms with van der Waals surface area (Å²) in [5.74, 6) is 0.234. The van der Waals surface area contributed by atoms with Crippen molar-refractivity contribution in [3.05, 3.63) is 0 Å². The van der Waals surface area contributed by atoms with E-state index in [2.05, 4.69) is 12.2 Å². The molecule has 0 radical (unpaired) electrons. The highest BCUT2D eigenvalue weighted by Crippen LogP contribution is 2.16. The van der Waals surface area contributed by atoms with E-state index in [9.17, 15) is 4.79 Å². The maximum atomic E-state index is 12.1. The Labute approximate surface area is 92.0 Å². The molecule has 2 atom stereocenters. The Morgan fingerprint density at radius 3 is 2.73 bits per heavy atom. The highest BCUT2D eigenvalue weighted by Gasteiger charge is 2.34. The van der Waals surface area contributed by atoms with Crippen molar-refractivity contribution in [1.29, 1.82) is 0 Å². The molecule has 0 aromatic rings. The highest BCUT2D eigenvalue weighted by atomic mass is 16.5. The van der Waals surface area contributed by atoms with Crippen LogP contribution in [0.5, 0.6) is 0 Å². The number of carbonyl (C=O) groups is 1. The van der Waals surface area contributed by atoms with Crippen molar-refractivity contribution in [2.24, 2.45) is 5.92 Å². The zero-order valence-corrected chi connectivity index (χ0v) is 9.95. The first kappa shape index (κ1) is 12.5. The summed E-state index contributed by atoms with van der Waals surface area (Å²) in [6, 6.07) is 0.184. The van der Waals surface area contributed by atoms with Gasteiger partial charge < -0.3 is 15.0 Å². The van der Waals surface area contributed by atoms with E-state index in [1.807, 2.05) is 18.9 Å². The minimum absolute atomic E-state index is 0.00139. The normalized spacial score (nSPS) is 25.5. The molecule has 88 valence electrons. The van der Waals surface area contributed by atoms with Crippen molar-refractivity contribution in [1.82, 2.24) is 10.2 Å². The molecule has 1 fully saturated rings. The van der Waals surface area contributed by atoms with E-state index in [0.717, 1.165) is 19.5 Å². The standard InChI is InChI=1S/C11H22N2O2/c1-4-6-13(5-2)11(14)9-7-15-8-10(9)12-3/h9-10,12H,4-8H2,1-3H3. The number of hydrogen-bond acceptors (Lipinski definition) is 3. The lowest BCUT2D eigenvalue weighted by molar-refractivity contribution is -0.135. The van der Waals surface area contributed by atoms with Gasteiger partial charge in [-0.2, -0.15) is 0 Å². The van der Waals surface area contributed by atoms with Gasteiger partial charge in [-0.05, 0) is 20.4 Å². The largest absolute Gasteiger partial charge is 0.379 e. The van der Waals surface area contributed by atoms with E-state index in [0.29, 0.717) is 13.2 Å². The summed E-state index contributed by atoms with van der Waals surface area (Å²) >= 11 is 0. The van der Waals surface area contributed by atoms with E-state index in [1.54, 1.807) is 0 Å². The van der Waals surface area contributed by atoms with Gasteiger partial charge in [-0.1, -0.05) is 6.92 Å². The molecular weight excluding hydrogens is 192 g/mol. The number of rotatable bonds is 5. The molecule has 0 aliphatic carbocycles. The van der Waals surface area contributed by atoms with Gasteiger partial charge in [0.2, 0.25) is 5.91 Å². The van der Waals surface area contributed by atoms with Crippen LogP contribution in [-0.2, 0) is 9.53 Å². The number of amides is 1. The fourth-order valence-electron chi connectivity index (χ4n) is 2.01. The van der Waals surface area contributed by atoms with Gasteiger partial charge in [0.1, 0.15) is 0 Å². The van der Waals surface area contributed by atoms with Crippen LogP contribution in [0, 0.1) is 5.92 Å². The minimum atomic E-state index is 0.00139. The predicted octanol–water partition coefficient (Wildman–Crippen LogP) is 0.479. The van der Waals surface area contributed by atoms with Crippen LogP contribution < -0.4 is 5.32 Å². The average molecular weight is 214 g/mol. The number of hydrogen-bond donors (Lipinski definition) is 1. The second-order valence-corrected chi connectivity index (χ2v) is 3.96. The molecule has 0 saturated carbocycles. The fourth-order valence-corrected chi connectivity index (χ4v) is 2.01. The highest BCUT2D eigenvalue weighted by molar-refractivity contribution is 5.80. The van der Waals surface area contributed by atoms with Gasteiger partial charge in [-0.3, -0.25) is 4.79 Å². The Morgan fingerprint density at radius 2 is 2.20 bits per heavy atom. The van der Waals surface area contributed by atoms with Crippen LogP contribution in [0.25, 0.3) is 0 Å². The molecule has 0 bridgehead atoms. The van der Waals surface area contributed by atoms with Crippen molar-refractivity contribution in [3.8, 4) is 0 Å². The van der Waals surface area contributed by atoms with Gasteiger partial charge in [0, 0.05) is 19.1 Å². The number of nitrogens with one attached hydrogen (secondary N) is 1. The SMILES string of the molecule is CCCN(CC)C(=O)C1COCC1NC. The number of ether oxygens (including phenoxy) is 1. The second-order valence-electron chi connectivity index (χ2n) is 3.96. The van der Waals surface area contributed by atoms with Gasteiger partial charge in [0.15, 0.2) is 0 Å². The quantitative estimate of drug-likeness (QED) is 0.724. The molecular formula is C11H22N2O2. The third kappa shape index (κ3) is 2.92. The second kappa shape index (κ2) is 6.08. The first-order valence-corrected chi connectivity index (χ1v) is 5.78. The maximum absolute atomic E-state index is 12.1. The van der Waals surface area contributed by atoms with Crippen LogP contribution in [-0.4, -0.2) is 50.2 Å². The molecule has 15 heavy (non-hydrogen) atoms. The average Bonchev–Trinajstić information content (AvgIpc) is 2.72. The van der Waals surface area contributed by atoms with E-state index in [1.165, 1.54) is 0 Å². The van der Waals surface area contributed by atoms with Crippen molar-refractivity contribution in [3.63, 3.8) is 0 Å². The summed E-state index contributed by atoms with van der Waals surface area (Å²) in [4.78, 5) is 14.1. The Hall–Kier alpha value is -0.610. The zero-order chi connectivity index (χ0) is 11.3. The van der Waals surface area contributed by atoms with E-state index in [-0.39, 0.29) is 17.9 Å². The van der Waals surface area contributed by atoms with Gasteiger partial charge in [-0.15, -0.1) is 0 Å². The molecule has 1 aliphatic rings. The van der Waals surface area contributed by atoms with Crippen LogP contribution in [0.15, 0.2) is 0 Å². The topological polar surface area (TPSA) is 41.6 Å². The van der Waals surface area contributed by atoms with Gasteiger partial charge in [-0.25, -0.2) is 0 Å². The number of nitrogens with zero attached hydrogens (tertiary/aromatic N) is 1. The lowest BCUT2D eigenvalue weighted by atomic mass is 10.0. The Bertz CT molecular complexity index is 209. The first-order valence-electron chi connectivity index (χ1n) is 5.78. The summed E-state index contributed by atoms with van der Waals surface area (Å²) in [5.41, 5.74) is 0. The van der Waals surface area contributed by atoms with Crippen molar-refractivity contribution in [2.45, 2.75) is 26.3 Å². The Balaban J connectivity index is 2.56. The Morgan fingerprint density at radius 1 is 1.47 bits per heavy atom. The lowest BCUT2D eigenvalue weighted by Crippen LogP contribution is -2.45. The van der Waals surface area contributed by atoms with Crippen LogP contribution >= 0.6 is 0 Å². The summed E-state index contributed by atoms with van der Waals surface area (Å²) in [6.45, 7) is 6.97. The van der Waals surface area contributed by atoms with Crippen molar-refractivity contribution < 1.29 is 9.53 Å². The van der Waals surface area contributed by atoms with E-state index in [4.69, 9.17) is 4.74 Å². The Kier molecular flexibility index (Phi) is 5.05. The molecule has 1 rings (SSSR count). The van der Waals surface area contributed by atoms with Crippen LogP contribution in [0.2, 0.25) is 0 Å². The molecule has 1 N–H and O–H groups in total. The molecule has 4 nitrogen and oxygen atoms in total. The van der Waals surface area contributed by atoms with Crippen molar-refractivity contribution in [2.75, 3.05) is 33.4 Å². The number of carbonyl (C=O) groups excluding carboxylic acids is 1. The minimum Gasteiger partial charge on any atom is -0.379 e. The summed E-state index contributed by atoms with van der Waals surface area (Å²) in [7, 11) is 1.88.